The molecular formula is C14H12ClN3. The molecule has 0 atom stereocenters. The van der Waals surface area contributed by atoms with Crippen LogP contribution in [0.1, 0.15) is 12.7 Å². The van der Waals surface area contributed by atoms with E-state index in [4.69, 9.17) is 11.6 Å². The lowest BCUT2D eigenvalue weighted by Gasteiger charge is -2.09. The van der Waals surface area contributed by atoms with E-state index < -0.39 is 0 Å². The number of imidazole rings is 1. The van der Waals surface area contributed by atoms with Gasteiger partial charge in [-0.15, -0.1) is 0 Å². The second-order valence-electron chi connectivity index (χ2n) is 4.06. The monoisotopic (exact) mass is 257 g/mol. The maximum Gasteiger partial charge on any atom is 0.112 e. The van der Waals surface area contributed by atoms with Crippen molar-refractivity contribution in [1.82, 2.24) is 14.5 Å². The van der Waals surface area contributed by atoms with Gasteiger partial charge in [0.05, 0.1) is 11.2 Å². The Bertz CT molecular complexity index is 703. The topological polar surface area (TPSA) is 30.7 Å². The molecule has 0 amide bonds. The second kappa shape index (κ2) is 4.42. The Hall–Kier alpha value is -1.87. The molecule has 3 aromatic rings. The minimum absolute atomic E-state index is 0.718. The van der Waals surface area contributed by atoms with E-state index in [9.17, 15) is 0 Å². The molecule has 3 nitrogen and oxygen atoms in total. The van der Waals surface area contributed by atoms with Gasteiger partial charge in [-0.05, 0) is 24.3 Å². The summed E-state index contributed by atoms with van der Waals surface area (Å²) in [4.78, 5) is 8.71. The number of nitrogens with zero attached hydrogens (tertiary/aromatic N) is 3. The predicted octanol–water partition coefficient (Wildman–Crippen LogP) is 3.64. The number of aryl methyl sites for hydroxylation is 1. The third-order valence-corrected chi connectivity index (χ3v) is 3.21. The Morgan fingerprint density at radius 2 is 2.06 bits per heavy atom. The molecule has 2 aromatic heterocycles. The van der Waals surface area contributed by atoms with Crippen molar-refractivity contribution in [3.8, 4) is 5.69 Å². The third kappa shape index (κ3) is 1.77. The Balaban J connectivity index is 2.32. The van der Waals surface area contributed by atoms with Crippen LogP contribution in [0.2, 0.25) is 5.02 Å². The summed E-state index contributed by atoms with van der Waals surface area (Å²) in [7, 11) is 0. The van der Waals surface area contributed by atoms with Crippen LogP contribution in [0.4, 0.5) is 0 Å². The molecule has 4 heteroatoms. The maximum absolute atomic E-state index is 6.07. The van der Waals surface area contributed by atoms with Crippen molar-refractivity contribution in [1.29, 1.82) is 0 Å². The summed E-state index contributed by atoms with van der Waals surface area (Å²) in [5.41, 5.74) is 2.00. The Labute approximate surface area is 110 Å². The fourth-order valence-electron chi connectivity index (χ4n) is 2.13. The number of pyridine rings is 1. The third-order valence-electron chi connectivity index (χ3n) is 2.97. The first-order valence-corrected chi connectivity index (χ1v) is 6.24. The Morgan fingerprint density at radius 1 is 1.17 bits per heavy atom. The fraction of sp³-hybridized carbons (Fsp3) is 0.143. The van der Waals surface area contributed by atoms with Crippen molar-refractivity contribution in [3.05, 3.63) is 53.7 Å². The number of fused-ring (bicyclic) bond motifs is 1. The summed E-state index contributed by atoms with van der Waals surface area (Å²) in [6.07, 6.45) is 6.48. The van der Waals surface area contributed by atoms with Gasteiger partial charge in [-0.3, -0.25) is 4.98 Å². The van der Waals surface area contributed by atoms with E-state index in [0.717, 1.165) is 33.9 Å². The standard InChI is InChI=1S/C14H12ClN3/c1-2-14-17-7-8-18(14)13-5-6-16-12-4-3-10(15)9-11(12)13/h3-9H,2H2,1H3. The SMILES string of the molecule is CCc1nccn1-c1ccnc2ccc(Cl)cc12. The van der Waals surface area contributed by atoms with Crippen molar-refractivity contribution in [2.75, 3.05) is 0 Å². The van der Waals surface area contributed by atoms with Crippen molar-refractivity contribution >= 4 is 22.5 Å². The van der Waals surface area contributed by atoms with Crippen LogP contribution in [0, 0.1) is 0 Å². The van der Waals surface area contributed by atoms with Crippen LogP contribution >= 0.6 is 11.6 Å². The molecule has 0 radical (unpaired) electrons. The van der Waals surface area contributed by atoms with E-state index in [-0.39, 0.29) is 0 Å². The van der Waals surface area contributed by atoms with Gasteiger partial charge in [-0.2, -0.15) is 0 Å². The van der Waals surface area contributed by atoms with Crippen LogP contribution in [0.15, 0.2) is 42.9 Å². The predicted molar refractivity (Wildman–Crippen MR) is 73.3 cm³/mol. The molecule has 0 spiro atoms. The van der Waals surface area contributed by atoms with Gasteiger partial charge in [-0.25, -0.2) is 4.98 Å². The first-order valence-electron chi connectivity index (χ1n) is 5.86. The summed E-state index contributed by atoms with van der Waals surface area (Å²) in [5, 5.41) is 1.76. The molecule has 0 aliphatic carbocycles. The van der Waals surface area contributed by atoms with Gasteiger partial charge in [0.2, 0.25) is 0 Å². The normalized spacial score (nSPS) is 11.0. The Kier molecular flexibility index (Phi) is 2.76. The zero-order valence-corrected chi connectivity index (χ0v) is 10.7. The Morgan fingerprint density at radius 3 is 2.89 bits per heavy atom. The lowest BCUT2D eigenvalue weighted by atomic mass is 10.2. The maximum atomic E-state index is 6.07. The smallest absolute Gasteiger partial charge is 0.112 e. The summed E-state index contributed by atoms with van der Waals surface area (Å²) in [5.74, 6) is 1.03. The van der Waals surface area contributed by atoms with E-state index in [2.05, 4.69) is 21.5 Å². The first kappa shape index (κ1) is 11.2. The van der Waals surface area contributed by atoms with Crippen LogP contribution in [-0.2, 0) is 6.42 Å². The molecule has 0 bridgehead atoms. The summed E-state index contributed by atoms with van der Waals surface area (Å²) >= 11 is 6.07. The average molecular weight is 258 g/mol. The fourth-order valence-corrected chi connectivity index (χ4v) is 2.30. The minimum Gasteiger partial charge on any atom is -0.303 e. The molecule has 3 rings (SSSR count). The van der Waals surface area contributed by atoms with E-state index in [1.54, 1.807) is 0 Å². The van der Waals surface area contributed by atoms with Crippen molar-refractivity contribution in [2.24, 2.45) is 0 Å². The molecule has 2 heterocycles. The zero-order chi connectivity index (χ0) is 12.5. The van der Waals surface area contributed by atoms with E-state index in [0.29, 0.717) is 0 Å². The van der Waals surface area contributed by atoms with Crippen molar-refractivity contribution in [3.63, 3.8) is 0 Å². The van der Waals surface area contributed by atoms with E-state index in [1.807, 2.05) is 42.9 Å². The highest BCUT2D eigenvalue weighted by Crippen LogP contribution is 2.24. The molecule has 0 fully saturated rings. The molecule has 0 aliphatic heterocycles. The molecule has 0 saturated heterocycles. The quantitative estimate of drug-likeness (QED) is 0.702. The van der Waals surface area contributed by atoms with E-state index in [1.165, 1.54) is 0 Å². The summed E-state index contributed by atoms with van der Waals surface area (Å²) in [6, 6.07) is 7.72. The van der Waals surface area contributed by atoms with Gasteiger partial charge in [0.15, 0.2) is 0 Å². The zero-order valence-electron chi connectivity index (χ0n) is 9.97. The lowest BCUT2D eigenvalue weighted by molar-refractivity contribution is 0.895. The largest absolute Gasteiger partial charge is 0.303 e. The van der Waals surface area contributed by atoms with Gasteiger partial charge >= 0.3 is 0 Å². The molecule has 0 aliphatic rings. The molecule has 90 valence electrons. The van der Waals surface area contributed by atoms with Gasteiger partial charge < -0.3 is 4.57 Å². The summed E-state index contributed by atoms with van der Waals surface area (Å²) < 4.78 is 2.08. The van der Waals surface area contributed by atoms with Crippen LogP contribution in [-0.4, -0.2) is 14.5 Å². The van der Waals surface area contributed by atoms with Gasteiger partial charge in [-0.1, -0.05) is 18.5 Å². The number of hydrogen-bond acceptors (Lipinski definition) is 2. The van der Waals surface area contributed by atoms with Crippen molar-refractivity contribution < 1.29 is 0 Å². The minimum atomic E-state index is 0.718. The molecule has 0 saturated carbocycles. The number of aromatic nitrogens is 3. The van der Waals surface area contributed by atoms with Crippen LogP contribution in [0.25, 0.3) is 16.6 Å². The van der Waals surface area contributed by atoms with Crippen LogP contribution in [0.5, 0.6) is 0 Å². The van der Waals surface area contributed by atoms with Crippen LogP contribution in [0.3, 0.4) is 0 Å². The van der Waals surface area contributed by atoms with Crippen LogP contribution < -0.4 is 0 Å². The highest BCUT2D eigenvalue weighted by atomic mass is 35.5. The molecule has 0 unspecified atom stereocenters. The molecular weight excluding hydrogens is 246 g/mol. The number of benzene rings is 1. The average Bonchev–Trinajstić information content (AvgIpc) is 2.86. The van der Waals surface area contributed by atoms with Gasteiger partial charge in [0.25, 0.3) is 0 Å². The highest BCUT2D eigenvalue weighted by Gasteiger charge is 2.07. The van der Waals surface area contributed by atoms with E-state index >= 15 is 0 Å². The second-order valence-corrected chi connectivity index (χ2v) is 4.50. The lowest BCUT2D eigenvalue weighted by Crippen LogP contribution is -2.00. The van der Waals surface area contributed by atoms with Gasteiger partial charge in [0, 0.05) is 35.4 Å². The molecule has 18 heavy (non-hydrogen) atoms. The van der Waals surface area contributed by atoms with Crippen molar-refractivity contribution in [2.45, 2.75) is 13.3 Å². The molecule has 1 aromatic carbocycles. The van der Waals surface area contributed by atoms with Gasteiger partial charge in [0.1, 0.15) is 5.82 Å². The summed E-state index contributed by atoms with van der Waals surface area (Å²) in [6.45, 7) is 2.09. The highest BCUT2D eigenvalue weighted by molar-refractivity contribution is 6.31. The number of hydrogen-bond donors (Lipinski definition) is 0. The number of rotatable bonds is 2. The molecule has 0 N–H and O–H groups in total. The first-order chi connectivity index (χ1) is 8.79. The number of halogens is 1.